The minimum atomic E-state index is -0.466. The molecule has 0 saturated carbocycles. The smallest absolute Gasteiger partial charge is 0.344 e. The Morgan fingerprint density at radius 1 is 1.20 bits per heavy atom. The van der Waals surface area contributed by atoms with Crippen LogP contribution >= 0.6 is 31.9 Å². The van der Waals surface area contributed by atoms with Crippen molar-refractivity contribution in [2.75, 3.05) is 6.61 Å². The van der Waals surface area contributed by atoms with Crippen LogP contribution in [0.3, 0.4) is 0 Å². The summed E-state index contributed by atoms with van der Waals surface area (Å²) in [6.45, 7) is 5.02. The van der Waals surface area contributed by atoms with E-state index in [4.69, 9.17) is 9.47 Å². The Bertz CT molecular complexity index is 1190. The van der Waals surface area contributed by atoms with Crippen LogP contribution < -0.4 is 10.3 Å². The van der Waals surface area contributed by atoms with Gasteiger partial charge in [-0.1, -0.05) is 31.9 Å². The zero-order valence-corrected chi connectivity index (χ0v) is 19.7. The monoisotopic (exact) mass is 535 g/mol. The van der Waals surface area contributed by atoms with Crippen molar-refractivity contribution in [3.63, 3.8) is 0 Å². The van der Waals surface area contributed by atoms with Gasteiger partial charge in [0, 0.05) is 14.5 Å². The third-order valence-electron chi connectivity index (χ3n) is 3.97. The Hall–Kier alpha value is -2.52. The van der Waals surface area contributed by atoms with Gasteiger partial charge in [-0.2, -0.15) is 9.78 Å². The van der Waals surface area contributed by atoms with Gasteiger partial charge in [0.15, 0.2) is 6.61 Å². The van der Waals surface area contributed by atoms with Crippen LogP contribution in [0, 0.1) is 6.92 Å². The van der Waals surface area contributed by atoms with Crippen LogP contribution in [0.5, 0.6) is 5.75 Å². The number of hydrogen-bond donors (Lipinski definition) is 0. The van der Waals surface area contributed by atoms with Crippen molar-refractivity contribution in [1.29, 1.82) is 0 Å². The summed E-state index contributed by atoms with van der Waals surface area (Å²) in [6, 6.07) is 10.6. The molecular formula is C21H19Br2N3O4. The molecule has 0 N–H and O–H groups in total. The van der Waals surface area contributed by atoms with E-state index >= 15 is 0 Å². The van der Waals surface area contributed by atoms with Crippen LogP contribution in [-0.2, 0) is 9.53 Å². The molecule has 0 amide bonds. The molecule has 0 fully saturated rings. The Morgan fingerprint density at radius 2 is 1.90 bits per heavy atom. The SMILES string of the molecule is Cc1nc2ccc(Br)cc2c(=O)n1N=Cc1cc(Br)ccc1OCC(=O)OC(C)C. The lowest BCUT2D eigenvalue weighted by Crippen LogP contribution is -2.21. The molecule has 0 aliphatic heterocycles. The molecular weight excluding hydrogens is 518 g/mol. The fraction of sp³-hybridized carbons (Fsp3) is 0.238. The molecule has 0 aliphatic rings. The highest BCUT2D eigenvalue weighted by Crippen LogP contribution is 2.22. The molecule has 0 atom stereocenters. The average molecular weight is 537 g/mol. The number of aromatic nitrogens is 2. The van der Waals surface area contributed by atoms with Crippen LogP contribution in [-0.4, -0.2) is 34.6 Å². The maximum absolute atomic E-state index is 12.9. The van der Waals surface area contributed by atoms with Crippen LogP contribution in [0.15, 0.2) is 55.2 Å². The second-order valence-electron chi connectivity index (χ2n) is 6.69. The minimum Gasteiger partial charge on any atom is -0.481 e. The second-order valence-corrected chi connectivity index (χ2v) is 8.52. The molecule has 156 valence electrons. The second kappa shape index (κ2) is 9.53. The molecule has 30 heavy (non-hydrogen) atoms. The molecule has 0 spiro atoms. The summed E-state index contributed by atoms with van der Waals surface area (Å²) in [5.74, 6) is 0.418. The standard InChI is InChI=1S/C21H19Br2N3O4/c1-12(2)30-20(27)11-29-19-7-5-15(22)8-14(19)10-24-26-13(3)25-18-6-4-16(23)9-17(18)21(26)28/h4-10,12H,11H2,1-3H3. The fourth-order valence-corrected chi connectivity index (χ4v) is 3.44. The molecule has 3 rings (SSSR count). The molecule has 0 radical (unpaired) electrons. The molecule has 0 aliphatic carbocycles. The lowest BCUT2D eigenvalue weighted by atomic mass is 10.2. The highest BCUT2D eigenvalue weighted by Gasteiger charge is 2.11. The maximum Gasteiger partial charge on any atom is 0.344 e. The summed E-state index contributed by atoms with van der Waals surface area (Å²) >= 11 is 6.78. The van der Waals surface area contributed by atoms with Crippen LogP contribution in [0.1, 0.15) is 25.2 Å². The van der Waals surface area contributed by atoms with Gasteiger partial charge in [0.05, 0.1) is 23.2 Å². The van der Waals surface area contributed by atoms with Crippen molar-refractivity contribution in [2.45, 2.75) is 26.9 Å². The van der Waals surface area contributed by atoms with E-state index < -0.39 is 5.97 Å². The normalized spacial score (nSPS) is 11.4. The topological polar surface area (TPSA) is 82.8 Å². The average Bonchev–Trinajstić information content (AvgIpc) is 2.67. The van der Waals surface area contributed by atoms with Crippen molar-refractivity contribution in [2.24, 2.45) is 5.10 Å². The first-order valence-corrected chi connectivity index (χ1v) is 10.7. The number of ether oxygens (including phenoxy) is 2. The van der Waals surface area contributed by atoms with E-state index in [9.17, 15) is 9.59 Å². The number of nitrogens with zero attached hydrogens (tertiary/aromatic N) is 3. The quantitative estimate of drug-likeness (QED) is 0.343. The Labute approximate surface area is 190 Å². The van der Waals surface area contributed by atoms with Gasteiger partial charge in [-0.15, -0.1) is 0 Å². The van der Waals surface area contributed by atoms with Crippen molar-refractivity contribution >= 4 is 54.9 Å². The molecule has 0 bridgehead atoms. The number of hydrogen-bond acceptors (Lipinski definition) is 6. The molecule has 0 unspecified atom stereocenters. The number of carbonyl (C=O) groups excluding carboxylic acids is 1. The summed E-state index contributed by atoms with van der Waals surface area (Å²) in [4.78, 5) is 29.1. The number of benzene rings is 2. The molecule has 7 nitrogen and oxygen atoms in total. The lowest BCUT2D eigenvalue weighted by Gasteiger charge is -2.11. The Morgan fingerprint density at radius 3 is 2.63 bits per heavy atom. The number of halogens is 2. The van der Waals surface area contributed by atoms with Crippen molar-refractivity contribution in [3.8, 4) is 5.75 Å². The number of fused-ring (bicyclic) bond motifs is 1. The fourth-order valence-electron chi connectivity index (χ4n) is 2.70. The highest BCUT2D eigenvalue weighted by molar-refractivity contribution is 9.10. The first-order valence-electron chi connectivity index (χ1n) is 9.09. The van der Waals surface area contributed by atoms with Gasteiger partial charge in [-0.3, -0.25) is 4.79 Å². The van der Waals surface area contributed by atoms with Crippen molar-refractivity contribution < 1.29 is 14.3 Å². The van der Waals surface area contributed by atoms with Crippen LogP contribution in [0.4, 0.5) is 0 Å². The van der Waals surface area contributed by atoms with E-state index in [1.54, 1.807) is 51.1 Å². The number of aryl methyl sites for hydroxylation is 1. The van der Waals surface area contributed by atoms with Crippen molar-refractivity contribution in [1.82, 2.24) is 9.66 Å². The highest BCUT2D eigenvalue weighted by atomic mass is 79.9. The summed E-state index contributed by atoms with van der Waals surface area (Å²) in [5.41, 5.74) is 0.901. The zero-order chi connectivity index (χ0) is 21.8. The van der Waals surface area contributed by atoms with E-state index in [-0.39, 0.29) is 18.3 Å². The molecule has 1 aromatic heterocycles. The molecule has 2 aromatic carbocycles. The number of rotatable bonds is 6. The molecule has 1 heterocycles. The summed E-state index contributed by atoms with van der Waals surface area (Å²) < 4.78 is 13.5. The van der Waals surface area contributed by atoms with Gasteiger partial charge in [0.1, 0.15) is 11.6 Å². The molecule has 9 heteroatoms. The van der Waals surface area contributed by atoms with E-state index in [0.717, 1.165) is 8.95 Å². The third kappa shape index (κ3) is 5.34. The van der Waals surface area contributed by atoms with Crippen LogP contribution in [0.25, 0.3) is 10.9 Å². The Balaban J connectivity index is 1.93. The predicted octanol–water partition coefficient (Wildman–Crippen LogP) is 4.44. The third-order valence-corrected chi connectivity index (χ3v) is 4.95. The Kier molecular flexibility index (Phi) is 7.04. The first kappa shape index (κ1) is 22.2. The zero-order valence-electron chi connectivity index (χ0n) is 16.6. The maximum atomic E-state index is 12.9. The largest absolute Gasteiger partial charge is 0.481 e. The molecule has 0 saturated heterocycles. The number of esters is 1. The summed E-state index contributed by atoms with van der Waals surface area (Å²) in [7, 11) is 0. The van der Waals surface area contributed by atoms with Gasteiger partial charge < -0.3 is 9.47 Å². The van der Waals surface area contributed by atoms with Gasteiger partial charge >= 0.3 is 5.97 Å². The number of carbonyl (C=O) groups is 1. The van der Waals surface area contributed by atoms with Gasteiger partial charge in [0.25, 0.3) is 5.56 Å². The summed E-state index contributed by atoms with van der Waals surface area (Å²) in [5, 5.41) is 4.77. The van der Waals surface area contributed by atoms with Crippen molar-refractivity contribution in [3.05, 3.63) is 67.1 Å². The van der Waals surface area contributed by atoms with Crippen LogP contribution in [0.2, 0.25) is 0 Å². The van der Waals surface area contributed by atoms with Gasteiger partial charge in [-0.25, -0.2) is 9.78 Å². The van der Waals surface area contributed by atoms with Gasteiger partial charge in [0.2, 0.25) is 0 Å². The lowest BCUT2D eigenvalue weighted by molar-refractivity contribution is -0.149. The van der Waals surface area contributed by atoms with E-state index in [0.29, 0.717) is 28.0 Å². The van der Waals surface area contributed by atoms with E-state index in [1.807, 2.05) is 6.07 Å². The minimum absolute atomic E-state index is 0.220. The predicted molar refractivity (Wildman–Crippen MR) is 122 cm³/mol. The first-order chi connectivity index (χ1) is 14.2. The van der Waals surface area contributed by atoms with E-state index in [2.05, 4.69) is 41.9 Å². The van der Waals surface area contributed by atoms with E-state index in [1.165, 1.54) is 10.9 Å². The molecule has 3 aromatic rings. The summed E-state index contributed by atoms with van der Waals surface area (Å²) in [6.07, 6.45) is 1.27. The van der Waals surface area contributed by atoms with Gasteiger partial charge in [-0.05, 0) is 57.2 Å².